The number of hydrogen-bond acceptors (Lipinski definition) is 1. The molecule has 208 valence electrons. The average Bonchev–Trinajstić information content (AvgIpc) is 2.49. The summed E-state index contributed by atoms with van der Waals surface area (Å²) in [7, 11) is 3.35. The first-order valence-corrected chi connectivity index (χ1v) is 8.05. The maximum Gasteiger partial charge on any atom is 0.460 e. The standard InChI is InChI=1S/C14H15F17NO.HI/c1-32(2,3)5-6(33)4-7(15,16)8(17,18)9(19,20)10(21,22)11(23,24)12(25,26)13(27,28)14(29,30)31;/h6,33H,4-5H2,1-3H3;1H/q+1;/p-1. The summed E-state index contributed by atoms with van der Waals surface area (Å²) >= 11 is 0. The largest absolute Gasteiger partial charge is 1.00 e. The Morgan fingerprint density at radius 1 is 0.529 bits per heavy atom. The summed E-state index contributed by atoms with van der Waals surface area (Å²) in [6.45, 7) is -0.959. The average molecular weight is 663 g/mol. The molecule has 0 aromatic carbocycles. The normalized spacial score (nSPS) is 16.9. The van der Waals surface area contributed by atoms with Crippen LogP contribution < -0.4 is 24.0 Å². The van der Waals surface area contributed by atoms with Gasteiger partial charge < -0.3 is 33.6 Å². The number of halogens is 18. The summed E-state index contributed by atoms with van der Waals surface area (Å²) in [5.74, 6) is -56.6. The first-order valence-electron chi connectivity index (χ1n) is 8.05. The van der Waals surface area contributed by atoms with Gasteiger partial charge in [0.1, 0.15) is 12.6 Å². The number of aliphatic hydroxyl groups excluding tert-OH is 1. The number of alkyl halides is 17. The van der Waals surface area contributed by atoms with Crippen LogP contribution in [0, 0.1) is 0 Å². The molecule has 0 saturated carbocycles. The van der Waals surface area contributed by atoms with Crippen molar-refractivity contribution < 1.29 is 108 Å². The highest BCUT2D eigenvalue weighted by Crippen LogP contribution is 2.64. The zero-order valence-electron chi connectivity index (χ0n) is 16.7. The van der Waals surface area contributed by atoms with Gasteiger partial charge in [-0.2, -0.15) is 74.6 Å². The Morgan fingerprint density at radius 2 is 0.794 bits per heavy atom. The minimum atomic E-state index is -8.65. The molecule has 0 heterocycles. The number of likely N-dealkylation sites (N-methyl/N-ethyl adjacent to an activating group) is 1. The second-order valence-electron chi connectivity index (χ2n) is 7.98. The van der Waals surface area contributed by atoms with Gasteiger partial charge in [-0.25, -0.2) is 0 Å². The molecule has 20 heteroatoms. The summed E-state index contributed by atoms with van der Waals surface area (Å²) in [6, 6.07) is 0. The van der Waals surface area contributed by atoms with Crippen molar-refractivity contribution in [2.75, 3.05) is 27.7 Å². The molecule has 0 aliphatic heterocycles. The summed E-state index contributed by atoms with van der Waals surface area (Å²) in [4.78, 5) is 0. The van der Waals surface area contributed by atoms with Gasteiger partial charge in [0.05, 0.1) is 21.1 Å². The van der Waals surface area contributed by atoms with E-state index in [1.807, 2.05) is 0 Å². The topological polar surface area (TPSA) is 20.2 Å². The molecule has 0 aliphatic rings. The third kappa shape index (κ3) is 5.56. The maximum absolute atomic E-state index is 13.7. The van der Waals surface area contributed by atoms with E-state index in [1.54, 1.807) is 0 Å². The van der Waals surface area contributed by atoms with E-state index in [0.717, 1.165) is 21.1 Å². The van der Waals surface area contributed by atoms with Gasteiger partial charge >= 0.3 is 47.6 Å². The van der Waals surface area contributed by atoms with E-state index in [4.69, 9.17) is 0 Å². The van der Waals surface area contributed by atoms with Crippen molar-refractivity contribution in [2.45, 2.75) is 60.2 Å². The van der Waals surface area contributed by atoms with Crippen LogP contribution in [-0.2, 0) is 0 Å². The highest BCUT2D eigenvalue weighted by atomic mass is 127. The molecule has 1 N–H and O–H groups in total. The van der Waals surface area contributed by atoms with Crippen LogP contribution in [0.2, 0.25) is 0 Å². The number of hydrogen-bond donors (Lipinski definition) is 1. The third-order valence-corrected chi connectivity index (χ3v) is 4.04. The smallest absolute Gasteiger partial charge is 0.460 e. The Kier molecular flexibility index (Phi) is 9.85. The van der Waals surface area contributed by atoms with E-state index in [1.165, 1.54) is 0 Å². The van der Waals surface area contributed by atoms with Crippen molar-refractivity contribution in [1.29, 1.82) is 0 Å². The Balaban J connectivity index is 0. The zero-order valence-corrected chi connectivity index (χ0v) is 18.8. The van der Waals surface area contributed by atoms with Crippen LogP contribution in [0.5, 0.6) is 0 Å². The quantitative estimate of drug-likeness (QED) is 0.217. The number of rotatable bonds is 10. The number of aliphatic hydroxyl groups is 1. The van der Waals surface area contributed by atoms with Gasteiger partial charge in [-0.1, -0.05) is 0 Å². The van der Waals surface area contributed by atoms with Crippen molar-refractivity contribution in [2.24, 2.45) is 0 Å². The van der Waals surface area contributed by atoms with Crippen LogP contribution >= 0.6 is 0 Å². The molecular weight excluding hydrogens is 648 g/mol. The second-order valence-corrected chi connectivity index (χ2v) is 7.98. The lowest BCUT2D eigenvalue weighted by atomic mass is 9.87. The highest BCUT2D eigenvalue weighted by Gasteiger charge is 2.95. The first-order chi connectivity index (χ1) is 13.9. The Labute approximate surface area is 196 Å². The highest BCUT2D eigenvalue weighted by molar-refractivity contribution is 5.15. The Morgan fingerprint density at radius 3 is 1.06 bits per heavy atom. The fraction of sp³-hybridized carbons (Fsp3) is 1.00. The molecular formula is C14H15F17INO. The van der Waals surface area contributed by atoms with Gasteiger partial charge in [0.25, 0.3) is 0 Å². The Bertz CT molecular complexity index is 697. The van der Waals surface area contributed by atoms with Crippen LogP contribution in [0.3, 0.4) is 0 Å². The molecule has 0 aromatic rings. The molecule has 0 amide bonds. The summed E-state index contributed by atoms with van der Waals surface area (Å²) < 4.78 is 222. The minimum Gasteiger partial charge on any atom is -1.00 e. The van der Waals surface area contributed by atoms with Crippen molar-refractivity contribution in [3.63, 3.8) is 0 Å². The van der Waals surface area contributed by atoms with E-state index < -0.39 is 71.2 Å². The van der Waals surface area contributed by atoms with Crippen molar-refractivity contribution >= 4 is 0 Å². The van der Waals surface area contributed by atoms with E-state index in [9.17, 15) is 79.7 Å². The fourth-order valence-corrected chi connectivity index (χ4v) is 2.32. The molecule has 1 unspecified atom stereocenters. The van der Waals surface area contributed by atoms with Crippen molar-refractivity contribution in [3.8, 4) is 0 Å². The van der Waals surface area contributed by atoms with E-state index in [2.05, 4.69) is 0 Å². The maximum atomic E-state index is 13.7. The van der Waals surface area contributed by atoms with Crippen LogP contribution in [0.4, 0.5) is 74.6 Å². The predicted molar refractivity (Wildman–Crippen MR) is 74.2 cm³/mol. The predicted octanol–water partition coefficient (Wildman–Crippen LogP) is 2.46. The lowest BCUT2D eigenvalue weighted by molar-refractivity contribution is -0.873. The molecule has 0 fully saturated rings. The van der Waals surface area contributed by atoms with Gasteiger partial charge in [0, 0.05) is 6.42 Å². The monoisotopic (exact) mass is 663 g/mol. The molecule has 0 saturated heterocycles. The van der Waals surface area contributed by atoms with Gasteiger partial charge in [-0.05, 0) is 0 Å². The van der Waals surface area contributed by atoms with Gasteiger partial charge in [0.2, 0.25) is 0 Å². The van der Waals surface area contributed by atoms with Gasteiger partial charge in [-0.15, -0.1) is 0 Å². The molecule has 34 heavy (non-hydrogen) atoms. The Hall–Kier alpha value is -0.540. The molecule has 1 atom stereocenters. The zero-order chi connectivity index (χ0) is 27.5. The van der Waals surface area contributed by atoms with Crippen LogP contribution in [0.1, 0.15) is 6.42 Å². The fourth-order valence-electron chi connectivity index (χ4n) is 2.32. The van der Waals surface area contributed by atoms with Crippen LogP contribution in [0.15, 0.2) is 0 Å². The van der Waals surface area contributed by atoms with Crippen molar-refractivity contribution in [3.05, 3.63) is 0 Å². The van der Waals surface area contributed by atoms with Gasteiger partial charge in [0.15, 0.2) is 0 Å². The lowest BCUT2D eigenvalue weighted by Gasteiger charge is -2.43. The molecule has 0 radical (unpaired) electrons. The summed E-state index contributed by atoms with van der Waals surface area (Å²) in [6.07, 6.45) is -13.3. The SMILES string of the molecule is C[N+](C)(C)CC(O)CC(F)(F)C(F)(F)C(F)(F)C(F)(F)C(F)(F)C(F)(F)C(F)(F)C(F)(F)F.[I-]. The molecule has 0 rings (SSSR count). The number of nitrogens with zero attached hydrogens (tertiary/aromatic N) is 1. The molecule has 0 bridgehead atoms. The molecule has 0 aromatic heterocycles. The van der Waals surface area contributed by atoms with Crippen molar-refractivity contribution in [1.82, 2.24) is 0 Å². The lowest BCUT2D eigenvalue weighted by Crippen LogP contribution is -3.00. The molecule has 0 spiro atoms. The molecule has 2 nitrogen and oxygen atoms in total. The summed E-state index contributed by atoms with van der Waals surface area (Å²) in [5.41, 5.74) is 0. The number of quaternary nitrogens is 1. The first kappa shape index (κ1) is 35.6. The second kappa shape index (κ2) is 9.40. The van der Waals surface area contributed by atoms with Crippen LogP contribution in [-0.4, -0.2) is 91.0 Å². The van der Waals surface area contributed by atoms with Gasteiger partial charge in [-0.3, -0.25) is 0 Å². The van der Waals surface area contributed by atoms with E-state index >= 15 is 0 Å². The molecule has 0 aliphatic carbocycles. The summed E-state index contributed by atoms with van der Waals surface area (Å²) in [5, 5.41) is 9.28. The third-order valence-electron chi connectivity index (χ3n) is 4.04. The van der Waals surface area contributed by atoms with E-state index in [-0.39, 0.29) is 24.0 Å². The van der Waals surface area contributed by atoms with E-state index in [0.29, 0.717) is 0 Å². The minimum absolute atomic E-state index is 0. The van der Waals surface area contributed by atoms with Crippen LogP contribution in [0.25, 0.3) is 0 Å².